The summed E-state index contributed by atoms with van der Waals surface area (Å²) in [5.41, 5.74) is 0.978. The number of sulfonamides is 1. The van der Waals surface area contributed by atoms with Gasteiger partial charge >= 0.3 is 0 Å². The van der Waals surface area contributed by atoms with Crippen molar-refractivity contribution >= 4 is 27.3 Å². The zero-order valence-electron chi connectivity index (χ0n) is 14.3. The molecule has 1 N–H and O–H groups in total. The Labute approximate surface area is 152 Å². The summed E-state index contributed by atoms with van der Waals surface area (Å²) < 4.78 is 31.2. The van der Waals surface area contributed by atoms with Gasteiger partial charge in [0.2, 0.25) is 5.91 Å². The van der Waals surface area contributed by atoms with Crippen molar-refractivity contribution in [2.45, 2.75) is 23.6 Å². The summed E-state index contributed by atoms with van der Waals surface area (Å²) in [5.74, 6) is 0.669. The summed E-state index contributed by atoms with van der Waals surface area (Å²) in [7, 11) is -0.312. The van der Waals surface area contributed by atoms with Crippen LogP contribution in [0.5, 0.6) is 5.75 Å². The van der Waals surface area contributed by atoms with Crippen LogP contribution in [0.2, 0.25) is 0 Å². The van der Waals surface area contributed by atoms with Crippen LogP contribution < -0.4 is 10.1 Å². The van der Waals surface area contributed by atoms with Crippen LogP contribution in [-0.2, 0) is 21.4 Å². The van der Waals surface area contributed by atoms with E-state index in [1.165, 1.54) is 22.7 Å². The first kappa shape index (κ1) is 19.4. The molecule has 0 fully saturated rings. The Morgan fingerprint density at radius 2 is 1.96 bits per heavy atom. The Balaban J connectivity index is 1.72. The molecule has 0 bridgehead atoms. The van der Waals surface area contributed by atoms with Crippen molar-refractivity contribution in [1.82, 2.24) is 9.62 Å². The first-order valence-electron chi connectivity index (χ1n) is 7.83. The average molecular weight is 383 g/mol. The third kappa shape index (κ3) is 5.55. The number of carbonyl (C=O) groups is 1. The van der Waals surface area contributed by atoms with E-state index in [4.69, 9.17) is 4.74 Å². The fourth-order valence-electron chi connectivity index (χ4n) is 2.18. The van der Waals surface area contributed by atoms with E-state index in [1.807, 2.05) is 24.3 Å². The van der Waals surface area contributed by atoms with Gasteiger partial charge < -0.3 is 10.1 Å². The fourth-order valence-corrected chi connectivity index (χ4v) is 4.59. The highest BCUT2D eigenvalue weighted by atomic mass is 32.2. The van der Waals surface area contributed by atoms with Crippen LogP contribution >= 0.6 is 11.3 Å². The minimum atomic E-state index is -3.45. The van der Waals surface area contributed by atoms with Gasteiger partial charge in [-0.25, -0.2) is 12.7 Å². The van der Waals surface area contributed by atoms with E-state index >= 15 is 0 Å². The molecule has 0 aliphatic rings. The van der Waals surface area contributed by atoms with Crippen LogP contribution in [0.15, 0.2) is 46.0 Å². The number of carbonyl (C=O) groups excluding carboxylic acids is 1. The second-order valence-electron chi connectivity index (χ2n) is 5.49. The molecule has 0 saturated heterocycles. The van der Waals surface area contributed by atoms with Crippen LogP contribution in [0.25, 0.3) is 0 Å². The summed E-state index contributed by atoms with van der Waals surface area (Å²) in [6, 6.07) is 10.7. The van der Waals surface area contributed by atoms with Crippen molar-refractivity contribution in [3.8, 4) is 5.75 Å². The van der Waals surface area contributed by atoms with Gasteiger partial charge in [-0.1, -0.05) is 18.2 Å². The molecule has 2 rings (SSSR count). The average Bonchev–Trinajstić information content (AvgIpc) is 3.15. The highest BCUT2D eigenvalue weighted by Crippen LogP contribution is 2.20. The van der Waals surface area contributed by atoms with Crippen LogP contribution in [0.3, 0.4) is 0 Å². The number of nitrogens with zero attached hydrogens (tertiary/aromatic N) is 1. The number of thiophene rings is 1. The van der Waals surface area contributed by atoms with E-state index < -0.39 is 10.0 Å². The molecule has 0 atom stereocenters. The minimum Gasteiger partial charge on any atom is -0.497 e. The van der Waals surface area contributed by atoms with Gasteiger partial charge in [-0.3, -0.25) is 4.79 Å². The second-order valence-corrected chi connectivity index (χ2v) is 8.71. The summed E-state index contributed by atoms with van der Waals surface area (Å²) in [6.07, 6.45) is 0.746. The van der Waals surface area contributed by atoms with Gasteiger partial charge in [0.1, 0.15) is 9.96 Å². The first-order chi connectivity index (χ1) is 11.9. The lowest BCUT2D eigenvalue weighted by atomic mass is 10.2. The summed E-state index contributed by atoms with van der Waals surface area (Å²) >= 11 is 1.19. The lowest BCUT2D eigenvalue weighted by Crippen LogP contribution is -2.29. The van der Waals surface area contributed by atoms with Crippen molar-refractivity contribution in [2.24, 2.45) is 0 Å². The Hall–Kier alpha value is -1.90. The molecular formula is C17H22N2O4S2. The fraction of sp³-hybridized carbons (Fsp3) is 0.353. The molecule has 6 nitrogen and oxygen atoms in total. The summed E-state index contributed by atoms with van der Waals surface area (Å²) in [6.45, 7) is 0.738. The zero-order valence-corrected chi connectivity index (χ0v) is 15.9. The van der Waals surface area contributed by atoms with Gasteiger partial charge in [-0.15, -0.1) is 11.3 Å². The number of methoxy groups -OCH3 is 1. The lowest BCUT2D eigenvalue weighted by molar-refractivity contribution is -0.121. The van der Waals surface area contributed by atoms with Gasteiger partial charge in [-0.05, 0) is 35.6 Å². The van der Waals surface area contributed by atoms with Gasteiger partial charge in [0.15, 0.2) is 0 Å². The van der Waals surface area contributed by atoms with Crippen molar-refractivity contribution in [3.05, 3.63) is 47.3 Å². The molecule has 136 valence electrons. The standard InChI is InChI=1S/C17H22N2O4S2/c1-19(25(21,22)17-6-4-12-24-17)11-3-5-16(20)18-13-14-7-9-15(23-2)10-8-14/h4,6-10,12H,3,5,11,13H2,1-2H3,(H,18,20). The monoisotopic (exact) mass is 382 g/mol. The van der Waals surface area contributed by atoms with E-state index in [1.54, 1.807) is 24.6 Å². The van der Waals surface area contributed by atoms with Crippen molar-refractivity contribution in [2.75, 3.05) is 20.7 Å². The summed E-state index contributed by atoms with van der Waals surface area (Å²) in [5, 5.41) is 4.56. The Kier molecular flexibility index (Phi) is 6.98. The number of amides is 1. The third-order valence-electron chi connectivity index (χ3n) is 3.69. The van der Waals surface area contributed by atoms with E-state index in [0.717, 1.165) is 11.3 Å². The highest BCUT2D eigenvalue weighted by Gasteiger charge is 2.21. The number of hydrogen-bond donors (Lipinski definition) is 1. The molecule has 0 radical (unpaired) electrons. The molecule has 0 saturated carbocycles. The maximum absolute atomic E-state index is 12.3. The maximum atomic E-state index is 12.3. The lowest BCUT2D eigenvalue weighted by Gasteiger charge is -2.15. The molecule has 1 amide bonds. The Bertz CT molecular complexity index is 771. The number of ether oxygens (including phenoxy) is 1. The van der Waals surface area contributed by atoms with Gasteiger partial charge in [-0.2, -0.15) is 0 Å². The summed E-state index contributed by atoms with van der Waals surface area (Å²) in [4.78, 5) is 11.9. The second kappa shape index (κ2) is 8.98. The Morgan fingerprint density at radius 3 is 2.56 bits per heavy atom. The molecule has 1 aromatic carbocycles. The van der Waals surface area contributed by atoms with E-state index in [2.05, 4.69) is 5.32 Å². The molecule has 0 aliphatic carbocycles. The number of hydrogen-bond acceptors (Lipinski definition) is 5. The molecule has 1 heterocycles. The molecular weight excluding hydrogens is 360 g/mol. The molecule has 8 heteroatoms. The van der Waals surface area contributed by atoms with Gasteiger partial charge in [0.25, 0.3) is 10.0 Å². The SMILES string of the molecule is COc1ccc(CNC(=O)CCCN(C)S(=O)(=O)c2cccs2)cc1. The quantitative estimate of drug-likeness (QED) is 0.723. The topological polar surface area (TPSA) is 75.7 Å². The van der Waals surface area contributed by atoms with Crippen molar-refractivity contribution < 1.29 is 17.9 Å². The number of benzene rings is 1. The van der Waals surface area contributed by atoms with Crippen molar-refractivity contribution in [1.29, 1.82) is 0 Å². The maximum Gasteiger partial charge on any atom is 0.252 e. The minimum absolute atomic E-state index is 0.0993. The molecule has 1 aromatic heterocycles. The highest BCUT2D eigenvalue weighted by molar-refractivity contribution is 7.91. The van der Waals surface area contributed by atoms with Crippen LogP contribution in [0.1, 0.15) is 18.4 Å². The smallest absolute Gasteiger partial charge is 0.252 e. The Morgan fingerprint density at radius 1 is 1.24 bits per heavy atom. The largest absolute Gasteiger partial charge is 0.497 e. The molecule has 0 unspecified atom stereocenters. The zero-order chi connectivity index (χ0) is 18.3. The number of nitrogens with one attached hydrogen (secondary N) is 1. The van der Waals surface area contributed by atoms with Crippen LogP contribution in [0.4, 0.5) is 0 Å². The number of rotatable bonds is 9. The molecule has 0 aliphatic heterocycles. The van der Waals surface area contributed by atoms with E-state index in [0.29, 0.717) is 23.7 Å². The third-order valence-corrected chi connectivity index (χ3v) is 6.92. The van der Waals surface area contributed by atoms with Crippen LogP contribution in [-0.4, -0.2) is 39.3 Å². The molecule has 25 heavy (non-hydrogen) atoms. The van der Waals surface area contributed by atoms with Gasteiger partial charge in [0, 0.05) is 26.6 Å². The first-order valence-corrected chi connectivity index (χ1v) is 10.1. The predicted octanol–water partition coefficient (Wildman–Crippen LogP) is 2.47. The molecule has 2 aromatic rings. The van der Waals surface area contributed by atoms with Crippen molar-refractivity contribution in [3.63, 3.8) is 0 Å². The van der Waals surface area contributed by atoms with E-state index in [9.17, 15) is 13.2 Å². The van der Waals surface area contributed by atoms with Gasteiger partial charge in [0.05, 0.1) is 7.11 Å². The van der Waals surface area contributed by atoms with Crippen LogP contribution in [0, 0.1) is 0 Å². The van der Waals surface area contributed by atoms with E-state index in [-0.39, 0.29) is 12.3 Å². The normalized spacial score (nSPS) is 11.5. The predicted molar refractivity (Wildman–Crippen MR) is 98.2 cm³/mol. The molecule has 0 spiro atoms.